The third kappa shape index (κ3) is 5.93. The summed E-state index contributed by atoms with van der Waals surface area (Å²) in [4.78, 5) is 27.6. The highest BCUT2D eigenvalue weighted by Gasteiger charge is 2.15. The summed E-state index contributed by atoms with van der Waals surface area (Å²) >= 11 is 12.9. The molecule has 1 saturated heterocycles. The highest BCUT2D eigenvalue weighted by molar-refractivity contribution is 7.18. The predicted octanol–water partition coefficient (Wildman–Crippen LogP) is 3.18. The Morgan fingerprint density at radius 2 is 2.00 bits per heavy atom. The summed E-state index contributed by atoms with van der Waals surface area (Å²) in [6.45, 7) is 3.57. The molecule has 0 saturated carbocycles. The second kappa shape index (κ2) is 10.4. The first-order valence-electron chi connectivity index (χ1n) is 9.08. The number of thiophene rings is 1. The SMILES string of the molecule is O=C(Nc1cc(NCCN2CCOCC2)c(=O)n(CCF)c1)c1cc(Cl)c(Cl)s1. The Morgan fingerprint density at radius 3 is 2.66 bits per heavy atom. The minimum absolute atomic E-state index is 0.0999. The van der Waals surface area contributed by atoms with E-state index in [1.807, 2.05) is 0 Å². The number of halogens is 3. The molecule has 1 amide bonds. The number of ether oxygens (including phenoxy) is 1. The molecule has 1 aliphatic heterocycles. The second-order valence-corrected chi connectivity index (χ2v) is 8.46. The number of aryl methyl sites for hydroxylation is 1. The average molecular weight is 463 g/mol. The number of carbonyl (C=O) groups is 1. The average Bonchev–Trinajstić information content (AvgIpc) is 3.05. The van der Waals surface area contributed by atoms with Gasteiger partial charge in [0.05, 0.1) is 35.3 Å². The van der Waals surface area contributed by atoms with Crippen molar-refractivity contribution in [3.8, 4) is 0 Å². The minimum atomic E-state index is -0.694. The van der Waals surface area contributed by atoms with Gasteiger partial charge in [-0.3, -0.25) is 14.5 Å². The van der Waals surface area contributed by atoms with Crippen LogP contribution in [0.1, 0.15) is 9.67 Å². The zero-order valence-electron chi connectivity index (χ0n) is 15.6. The molecule has 1 fully saturated rings. The van der Waals surface area contributed by atoms with Crippen LogP contribution in [0.15, 0.2) is 23.1 Å². The maximum atomic E-state index is 12.9. The van der Waals surface area contributed by atoms with Crippen molar-refractivity contribution < 1.29 is 13.9 Å². The molecule has 11 heteroatoms. The Labute approximate surface area is 181 Å². The van der Waals surface area contributed by atoms with Gasteiger partial charge in [-0.1, -0.05) is 23.2 Å². The van der Waals surface area contributed by atoms with Gasteiger partial charge in [0.15, 0.2) is 0 Å². The second-order valence-electron chi connectivity index (χ2n) is 6.40. The molecule has 0 aliphatic carbocycles. The minimum Gasteiger partial charge on any atom is -0.379 e. The first-order valence-corrected chi connectivity index (χ1v) is 10.7. The summed E-state index contributed by atoms with van der Waals surface area (Å²) in [6, 6.07) is 3.02. The maximum absolute atomic E-state index is 12.9. The van der Waals surface area contributed by atoms with Crippen LogP contribution in [-0.2, 0) is 11.3 Å². The summed E-state index contributed by atoms with van der Waals surface area (Å²) in [5, 5.41) is 6.11. The maximum Gasteiger partial charge on any atom is 0.274 e. The highest BCUT2D eigenvalue weighted by atomic mass is 35.5. The van der Waals surface area contributed by atoms with Gasteiger partial charge in [0.25, 0.3) is 11.5 Å². The molecule has 0 spiro atoms. The third-order valence-electron chi connectivity index (χ3n) is 4.39. The Bertz CT molecular complexity index is 895. The van der Waals surface area contributed by atoms with Gasteiger partial charge in [0.1, 0.15) is 16.7 Å². The predicted molar refractivity (Wildman–Crippen MR) is 115 cm³/mol. The zero-order chi connectivity index (χ0) is 20.8. The monoisotopic (exact) mass is 462 g/mol. The quantitative estimate of drug-likeness (QED) is 0.629. The number of nitrogens with zero attached hydrogens (tertiary/aromatic N) is 2. The van der Waals surface area contributed by atoms with E-state index in [4.69, 9.17) is 27.9 Å². The van der Waals surface area contributed by atoms with E-state index in [1.165, 1.54) is 16.8 Å². The van der Waals surface area contributed by atoms with Crippen LogP contribution >= 0.6 is 34.5 Å². The number of anilines is 2. The normalized spacial score (nSPS) is 14.7. The first kappa shape index (κ1) is 22.0. The topological polar surface area (TPSA) is 75.6 Å². The van der Waals surface area contributed by atoms with Gasteiger partial charge >= 0.3 is 0 Å². The molecule has 0 radical (unpaired) electrons. The van der Waals surface area contributed by atoms with E-state index in [0.717, 1.165) is 31.0 Å². The molecule has 2 aromatic rings. The Morgan fingerprint density at radius 1 is 1.24 bits per heavy atom. The molecule has 0 aromatic carbocycles. The van der Waals surface area contributed by atoms with Crippen molar-refractivity contribution >= 4 is 51.8 Å². The molecular formula is C18H21Cl2FN4O3S. The van der Waals surface area contributed by atoms with Crippen LogP contribution in [0.25, 0.3) is 0 Å². The standard InChI is InChI=1S/C18H21Cl2FN4O3S/c19-13-10-15(29-16(13)20)17(26)23-12-9-14(18(27)25(11-12)3-1-21)22-2-4-24-5-7-28-8-6-24/h9-11,22H,1-8H2,(H,23,26). The van der Waals surface area contributed by atoms with Crippen LogP contribution < -0.4 is 16.2 Å². The Kier molecular flexibility index (Phi) is 7.91. The van der Waals surface area contributed by atoms with E-state index in [9.17, 15) is 14.0 Å². The molecule has 2 N–H and O–H groups in total. The molecule has 29 heavy (non-hydrogen) atoms. The van der Waals surface area contributed by atoms with Crippen molar-refractivity contribution in [2.45, 2.75) is 6.54 Å². The van der Waals surface area contributed by atoms with Gasteiger partial charge in [0, 0.05) is 32.4 Å². The number of hydrogen-bond acceptors (Lipinski definition) is 6. The molecule has 7 nitrogen and oxygen atoms in total. The fraction of sp³-hybridized carbons (Fsp3) is 0.444. The molecular weight excluding hydrogens is 442 g/mol. The van der Waals surface area contributed by atoms with Crippen molar-refractivity contribution in [3.63, 3.8) is 0 Å². The molecule has 0 bridgehead atoms. The number of morpholine rings is 1. The number of alkyl halides is 1. The van der Waals surface area contributed by atoms with E-state index >= 15 is 0 Å². The molecule has 0 atom stereocenters. The summed E-state index contributed by atoms with van der Waals surface area (Å²) in [6.07, 6.45) is 1.42. The number of nitrogens with one attached hydrogen (secondary N) is 2. The number of amides is 1. The van der Waals surface area contributed by atoms with E-state index in [2.05, 4.69) is 15.5 Å². The van der Waals surface area contributed by atoms with Crippen molar-refractivity contribution in [1.82, 2.24) is 9.47 Å². The van der Waals surface area contributed by atoms with Gasteiger partial charge in [-0.2, -0.15) is 0 Å². The van der Waals surface area contributed by atoms with Crippen LogP contribution in [0.2, 0.25) is 9.36 Å². The molecule has 3 heterocycles. The van der Waals surface area contributed by atoms with Crippen LogP contribution in [0, 0.1) is 0 Å². The summed E-state index contributed by atoms with van der Waals surface area (Å²) in [7, 11) is 0. The molecule has 0 unspecified atom stereocenters. The molecule has 3 rings (SSSR count). The molecule has 158 valence electrons. The lowest BCUT2D eigenvalue weighted by Crippen LogP contribution is -2.39. The van der Waals surface area contributed by atoms with Crippen LogP contribution in [0.4, 0.5) is 15.8 Å². The van der Waals surface area contributed by atoms with Crippen molar-refractivity contribution in [3.05, 3.63) is 42.9 Å². The summed E-state index contributed by atoms with van der Waals surface area (Å²) < 4.78 is 19.8. The van der Waals surface area contributed by atoms with E-state index in [0.29, 0.717) is 45.4 Å². The largest absolute Gasteiger partial charge is 0.379 e. The molecule has 1 aliphatic rings. The lowest BCUT2D eigenvalue weighted by Gasteiger charge is -2.26. The highest BCUT2D eigenvalue weighted by Crippen LogP contribution is 2.32. The van der Waals surface area contributed by atoms with E-state index < -0.39 is 12.6 Å². The summed E-state index contributed by atoms with van der Waals surface area (Å²) in [5.41, 5.74) is 0.328. The lowest BCUT2D eigenvalue weighted by molar-refractivity contribution is 0.0398. The number of hydrogen-bond donors (Lipinski definition) is 2. The lowest BCUT2D eigenvalue weighted by atomic mass is 10.3. The fourth-order valence-electron chi connectivity index (χ4n) is 2.91. The van der Waals surface area contributed by atoms with Gasteiger partial charge in [0.2, 0.25) is 0 Å². The smallest absolute Gasteiger partial charge is 0.274 e. The van der Waals surface area contributed by atoms with Gasteiger partial charge < -0.3 is 19.9 Å². The van der Waals surface area contributed by atoms with Gasteiger partial charge in [-0.05, 0) is 12.1 Å². The van der Waals surface area contributed by atoms with Crippen LogP contribution in [-0.4, -0.2) is 61.4 Å². The van der Waals surface area contributed by atoms with E-state index in [1.54, 1.807) is 6.07 Å². The fourth-order valence-corrected chi connectivity index (χ4v) is 4.18. The number of carbonyl (C=O) groups excluding carboxylic acids is 1. The third-order valence-corrected chi connectivity index (χ3v) is 6.25. The first-order chi connectivity index (χ1) is 14.0. The van der Waals surface area contributed by atoms with Crippen LogP contribution in [0.3, 0.4) is 0 Å². The number of aromatic nitrogens is 1. The van der Waals surface area contributed by atoms with Crippen molar-refractivity contribution in [1.29, 1.82) is 0 Å². The van der Waals surface area contributed by atoms with Gasteiger partial charge in [-0.25, -0.2) is 4.39 Å². The van der Waals surface area contributed by atoms with Crippen molar-refractivity contribution in [2.24, 2.45) is 0 Å². The molecule has 2 aromatic heterocycles. The van der Waals surface area contributed by atoms with Gasteiger partial charge in [-0.15, -0.1) is 11.3 Å². The van der Waals surface area contributed by atoms with E-state index in [-0.39, 0.29) is 12.1 Å². The zero-order valence-corrected chi connectivity index (χ0v) is 17.9. The summed E-state index contributed by atoms with van der Waals surface area (Å²) in [5.74, 6) is -0.409. The number of rotatable bonds is 8. The van der Waals surface area contributed by atoms with Crippen molar-refractivity contribution in [2.75, 3.05) is 56.7 Å². The van der Waals surface area contributed by atoms with Crippen LogP contribution in [0.5, 0.6) is 0 Å². The number of pyridine rings is 1. The Hall–Kier alpha value is -1.65. The Balaban J connectivity index is 1.72.